The Morgan fingerprint density at radius 1 is 1.52 bits per heavy atom. The Kier molecular flexibility index (Phi) is 5.78. The Morgan fingerprint density at radius 2 is 2.38 bits per heavy atom. The summed E-state index contributed by atoms with van der Waals surface area (Å²) >= 11 is 3.32. The van der Waals surface area contributed by atoms with Crippen molar-refractivity contribution in [2.75, 3.05) is 11.1 Å². The fraction of sp³-hybridized carbons (Fsp3) is 0.267. The second-order valence-corrected chi connectivity index (χ2v) is 6.65. The summed E-state index contributed by atoms with van der Waals surface area (Å²) in [4.78, 5) is 16.2. The van der Waals surface area contributed by atoms with Crippen LogP contribution in [0.1, 0.15) is 24.1 Å². The first kappa shape index (κ1) is 15.5. The second kappa shape index (κ2) is 7.81. The van der Waals surface area contributed by atoms with E-state index in [1.54, 1.807) is 47.4 Å². The third-order valence-electron chi connectivity index (χ3n) is 2.65. The lowest BCUT2D eigenvalue weighted by Crippen LogP contribution is -2.11. The highest BCUT2D eigenvalue weighted by atomic mass is 32.2. The standard InChI is InChI=1S/C15H15N3OS2/c1-11-10-21-15(17-11)20-7-3-6-14(19)18-13-5-2-4-12(8-13)9-16/h2,4-5,8,10H,3,6-7H2,1H3,(H,18,19). The zero-order chi connectivity index (χ0) is 15.1. The number of benzene rings is 1. The molecule has 0 radical (unpaired) electrons. The second-order valence-electron chi connectivity index (χ2n) is 4.45. The minimum atomic E-state index is -0.0268. The van der Waals surface area contributed by atoms with Crippen LogP contribution in [-0.2, 0) is 4.79 Å². The summed E-state index contributed by atoms with van der Waals surface area (Å²) in [7, 11) is 0. The highest BCUT2D eigenvalue weighted by Crippen LogP contribution is 2.23. The third kappa shape index (κ3) is 5.21. The number of nitrogens with one attached hydrogen (secondary N) is 1. The molecule has 21 heavy (non-hydrogen) atoms. The summed E-state index contributed by atoms with van der Waals surface area (Å²) in [5, 5.41) is 13.6. The minimum absolute atomic E-state index is 0.0268. The van der Waals surface area contributed by atoms with Crippen molar-refractivity contribution in [1.82, 2.24) is 4.98 Å². The van der Waals surface area contributed by atoms with Gasteiger partial charge in [0.25, 0.3) is 0 Å². The maximum absolute atomic E-state index is 11.8. The maximum atomic E-state index is 11.8. The van der Waals surface area contributed by atoms with Crippen LogP contribution in [0.15, 0.2) is 34.0 Å². The van der Waals surface area contributed by atoms with Gasteiger partial charge in [0.05, 0.1) is 11.6 Å². The van der Waals surface area contributed by atoms with Crippen molar-refractivity contribution in [3.63, 3.8) is 0 Å². The highest BCUT2D eigenvalue weighted by Gasteiger charge is 2.04. The molecule has 0 unspecified atom stereocenters. The van der Waals surface area contributed by atoms with Gasteiger partial charge < -0.3 is 5.32 Å². The maximum Gasteiger partial charge on any atom is 0.224 e. The zero-order valence-corrected chi connectivity index (χ0v) is 13.3. The minimum Gasteiger partial charge on any atom is -0.326 e. The van der Waals surface area contributed by atoms with Crippen molar-refractivity contribution in [3.8, 4) is 6.07 Å². The number of carbonyl (C=O) groups excluding carboxylic acids is 1. The van der Waals surface area contributed by atoms with Crippen LogP contribution in [0.3, 0.4) is 0 Å². The fourth-order valence-corrected chi connectivity index (χ4v) is 3.54. The van der Waals surface area contributed by atoms with Gasteiger partial charge in [-0.1, -0.05) is 17.8 Å². The number of aryl methyl sites for hydroxylation is 1. The number of aromatic nitrogens is 1. The number of nitriles is 1. The first-order chi connectivity index (χ1) is 10.2. The van der Waals surface area contributed by atoms with Crippen LogP contribution in [0.4, 0.5) is 5.69 Å². The molecule has 1 aromatic heterocycles. The van der Waals surface area contributed by atoms with Gasteiger partial charge in [-0.05, 0) is 31.5 Å². The van der Waals surface area contributed by atoms with Crippen molar-refractivity contribution in [1.29, 1.82) is 5.26 Å². The summed E-state index contributed by atoms with van der Waals surface area (Å²) in [6.45, 7) is 1.98. The molecule has 1 aromatic carbocycles. The van der Waals surface area contributed by atoms with E-state index in [0.29, 0.717) is 17.7 Å². The quantitative estimate of drug-likeness (QED) is 0.649. The van der Waals surface area contributed by atoms with Crippen LogP contribution < -0.4 is 5.32 Å². The molecule has 0 aliphatic rings. The van der Waals surface area contributed by atoms with E-state index >= 15 is 0 Å². The van der Waals surface area contributed by atoms with Gasteiger partial charge in [0.15, 0.2) is 0 Å². The summed E-state index contributed by atoms with van der Waals surface area (Å²) in [6, 6.07) is 8.98. The molecule has 4 nitrogen and oxygen atoms in total. The van der Waals surface area contributed by atoms with Crippen molar-refractivity contribution in [3.05, 3.63) is 40.9 Å². The molecule has 6 heteroatoms. The molecule has 2 rings (SSSR count). The molecule has 0 bridgehead atoms. The predicted octanol–water partition coefficient (Wildman–Crippen LogP) is 3.83. The van der Waals surface area contributed by atoms with E-state index in [1.165, 1.54) is 0 Å². The average Bonchev–Trinajstić information content (AvgIpc) is 2.89. The lowest BCUT2D eigenvalue weighted by Gasteiger charge is -2.05. The molecule has 108 valence electrons. The first-order valence-corrected chi connectivity index (χ1v) is 8.39. The molecule has 1 N–H and O–H groups in total. The number of nitrogens with zero attached hydrogens (tertiary/aromatic N) is 2. The number of hydrogen-bond acceptors (Lipinski definition) is 5. The summed E-state index contributed by atoms with van der Waals surface area (Å²) in [5.74, 6) is 0.847. The molecule has 1 amide bonds. The van der Waals surface area contributed by atoms with Gasteiger partial charge >= 0.3 is 0 Å². The molecule has 0 fully saturated rings. The molecule has 0 saturated heterocycles. The number of carbonyl (C=O) groups is 1. The van der Waals surface area contributed by atoms with Crippen LogP contribution in [0, 0.1) is 18.3 Å². The normalized spacial score (nSPS) is 10.1. The third-order valence-corrected chi connectivity index (χ3v) is 4.87. The van der Waals surface area contributed by atoms with Gasteiger partial charge in [-0.2, -0.15) is 5.26 Å². The van der Waals surface area contributed by atoms with Gasteiger partial charge in [-0.3, -0.25) is 4.79 Å². The molecule has 0 aliphatic carbocycles. The van der Waals surface area contributed by atoms with E-state index in [-0.39, 0.29) is 5.91 Å². The van der Waals surface area contributed by atoms with Gasteiger partial charge in [-0.25, -0.2) is 4.98 Å². The highest BCUT2D eigenvalue weighted by molar-refractivity contribution is 8.01. The first-order valence-electron chi connectivity index (χ1n) is 6.52. The number of thioether (sulfide) groups is 1. The SMILES string of the molecule is Cc1csc(SCCCC(=O)Nc2cccc(C#N)c2)n1. The number of thiazole rings is 1. The van der Waals surface area contributed by atoms with Gasteiger partial charge in [-0.15, -0.1) is 11.3 Å². The van der Waals surface area contributed by atoms with E-state index in [9.17, 15) is 4.79 Å². The molecular weight excluding hydrogens is 302 g/mol. The van der Waals surface area contributed by atoms with Crippen LogP contribution in [-0.4, -0.2) is 16.6 Å². The summed E-state index contributed by atoms with van der Waals surface area (Å²) in [6.07, 6.45) is 1.27. The van der Waals surface area contributed by atoms with Crippen LogP contribution in [0.2, 0.25) is 0 Å². The number of rotatable bonds is 6. The molecule has 2 aromatic rings. The van der Waals surface area contributed by atoms with Gasteiger partial charge in [0, 0.05) is 28.9 Å². The molecule has 0 atom stereocenters. The molecular formula is C15H15N3OS2. The molecule has 1 heterocycles. The Morgan fingerprint density at radius 3 is 3.10 bits per heavy atom. The summed E-state index contributed by atoms with van der Waals surface area (Å²) in [5.41, 5.74) is 2.25. The Balaban J connectivity index is 1.71. The molecule has 0 spiro atoms. The number of amides is 1. The number of anilines is 1. The van der Waals surface area contributed by atoms with E-state index in [0.717, 1.165) is 22.2 Å². The lowest BCUT2D eigenvalue weighted by molar-refractivity contribution is -0.116. The topological polar surface area (TPSA) is 65.8 Å². The van der Waals surface area contributed by atoms with Crippen LogP contribution >= 0.6 is 23.1 Å². The van der Waals surface area contributed by atoms with Gasteiger partial charge in [0.2, 0.25) is 5.91 Å². The van der Waals surface area contributed by atoms with E-state index in [4.69, 9.17) is 5.26 Å². The van der Waals surface area contributed by atoms with Gasteiger partial charge in [0.1, 0.15) is 4.34 Å². The van der Waals surface area contributed by atoms with Crippen LogP contribution in [0.25, 0.3) is 0 Å². The van der Waals surface area contributed by atoms with Crippen molar-refractivity contribution >= 4 is 34.7 Å². The fourth-order valence-electron chi connectivity index (χ4n) is 1.68. The summed E-state index contributed by atoms with van der Waals surface area (Å²) < 4.78 is 1.05. The van der Waals surface area contributed by atoms with E-state index in [2.05, 4.69) is 16.4 Å². The lowest BCUT2D eigenvalue weighted by atomic mass is 10.2. The van der Waals surface area contributed by atoms with Crippen molar-refractivity contribution in [2.24, 2.45) is 0 Å². The largest absolute Gasteiger partial charge is 0.326 e. The molecule has 0 aliphatic heterocycles. The zero-order valence-electron chi connectivity index (χ0n) is 11.6. The Bertz CT molecular complexity index is 661. The Hall–Kier alpha value is -1.84. The van der Waals surface area contributed by atoms with E-state index in [1.807, 2.05) is 12.3 Å². The average molecular weight is 317 g/mol. The monoisotopic (exact) mass is 317 g/mol. The Labute approximate surface area is 132 Å². The number of hydrogen-bond donors (Lipinski definition) is 1. The van der Waals surface area contributed by atoms with Crippen molar-refractivity contribution in [2.45, 2.75) is 24.1 Å². The molecule has 0 saturated carbocycles. The van der Waals surface area contributed by atoms with Crippen LogP contribution in [0.5, 0.6) is 0 Å². The van der Waals surface area contributed by atoms with Crippen molar-refractivity contribution < 1.29 is 4.79 Å². The predicted molar refractivity (Wildman–Crippen MR) is 86.6 cm³/mol. The smallest absolute Gasteiger partial charge is 0.224 e. The van der Waals surface area contributed by atoms with E-state index < -0.39 is 0 Å².